The van der Waals surface area contributed by atoms with Gasteiger partial charge in [0.1, 0.15) is 11.6 Å². The van der Waals surface area contributed by atoms with Gasteiger partial charge >= 0.3 is 0 Å². The van der Waals surface area contributed by atoms with Gasteiger partial charge in [0.25, 0.3) is 5.91 Å². The number of hydrogen-bond acceptors (Lipinski definition) is 4. The molecule has 3 rings (SSSR count). The first-order valence-electron chi connectivity index (χ1n) is 7.93. The number of anilines is 1. The van der Waals surface area contributed by atoms with Gasteiger partial charge in [-0.15, -0.1) is 0 Å². The first-order valence-corrected chi connectivity index (χ1v) is 7.93. The van der Waals surface area contributed by atoms with Crippen LogP contribution in [0.25, 0.3) is 0 Å². The smallest absolute Gasteiger partial charge is 0.258 e. The van der Waals surface area contributed by atoms with Crippen LogP contribution in [-0.2, 0) is 4.79 Å². The Bertz CT molecular complexity index is 770. The third kappa shape index (κ3) is 4.17. The van der Waals surface area contributed by atoms with Crippen molar-refractivity contribution in [3.05, 3.63) is 54.1 Å². The molecule has 0 unspecified atom stereocenters. The summed E-state index contributed by atoms with van der Waals surface area (Å²) in [6, 6.07) is 9.70. The predicted molar refractivity (Wildman–Crippen MR) is 88.7 cm³/mol. The van der Waals surface area contributed by atoms with Crippen LogP contribution >= 0.6 is 0 Å². The number of para-hydroxylation sites is 2. The van der Waals surface area contributed by atoms with E-state index in [-0.39, 0.29) is 30.1 Å². The number of nitrogens with zero attached hydrogens (tertiary/aromatic N) is 1. The van der Waals surface area contributed by atoms with Gasteiger partial charge in [0.2, 0.25) is 0 Å². The van der Waals surface area contributed by atoms with Crippen LogP contribution in [0.1, 0.15) is 6.42 Å². The predicted octanol–water partition coefficient (Wildman–Crippen LogP) is 2.44. The van der Waals surface area contributed by atoms with E-state index < -0.39 is 11.6 Å². The quantitative estimate of drug-likeness (QED) is 0.871. The Hall–Kier alpha value is -2.83. The number of ether oxygens (including phenoxy) is 1. The van der Waals surface area contributed by atoms with E-state index in [9.17, 15) is 18.7 Å². The minimum atomic E-state index is -0.619. The van der Waals surface area contributed by atoms with E-state index in [0.717, 1.165) is 6.07 Å². The Labute approximate surface area is 143 Å². The third-order valence-corrected chi connectivity index (χ3v) is 4.03. The number of amides is 1. The average molecular weight is 348 g/mol. The van der Waals surface area contributed by atoms with Gasteiger partial charge < -0.3 is 20.1 Å². The first kappa shape index (κ1) is 17.0. The Balaban J connectivity index is 1.51. The van der Waals surface area contributed by atoms with Crippen molar-refractivity contribution in [3.8, 4) is 11.5 Å². The highest BCUT2D eigenvalue weighted by Crippen LogP contribution is 2.25. The summed E-state index contributed by atoms with van der Waals surface area (Å²) in [4.78, 5) is 13.7. The number of aromatic hydroxyl groups is 1. The Morgan fingerprint density at radius 1 is 1.28 bits per heavy atom. The highest BCUT2D eigenvalue weighted by atomic mass is 19.1. The van der Waals surface area contributed by atoms with Crippen LogP contribution in [0.2, 0.25) is 0 Å². The molecule has 1 aliphatic rings. The fraction of sp³-hybridized carbons (Fsp3) is 0.278. The molecular weight excluding hydrogens is 330 g/mol. The molecule has 1 heterocycles. The molecule has 132 valence electrons. The largest absolute Gasteiger partial charge is 0.504 e. The van der Waals surface area contributed by atoms with E-state index in [4.69, 9.17) is 4.74 Å². The molecule has 1 aliphatic heterocycles. The zero-order chi connectivity index (χ0) is 17.8. The lowest BCUT2D eigenvalue weighted by Gasteiger charge is -2.19. The number of hydrogen-bond donors (Lipinski definition) is 2. The molecule has 5 nitrogen and oxygen atoms in total. The van der Waals surface area contributed by atoms with Crippen molar-refractivity contribution in [1.82, 2.24) is 5.32 Å². The van der Waals surface area contributed by atoms with E-state index in [2.05, 4.69) is 5.32 Å². The van der Waals surface area contributed by atoms with Crippen LogP contribution in [0.15, 0.2) is 42.5 Å². The maximum atomic E-state index is 13.8. The zero-order valence-corrected chi connectivity index (χ0v) is 13.4. The van der Waals surface area contributed by atoms with Crippen LogP contribution in [0.4, 0.5) is 14.5 Å². The molecule has 0 radical (unpaired) electrons. The topological polar surface area (TPSA) is 61.8 Å². The summed E-state index contributed by atoms with van der Waals surface area (Å²) in [7, 11) is 0. The summed E-state index contributed by atoms with van der Waals surface area (Å²) < 4.78 is 32.1. The molecule has 1 atom stereocenters. The molecule has 2 N–H and O–H groups in total. The second-order valence-electron chi connectivity index (χ2n) is 5.85. The van der Waals surface area contributed by atoms with Crippen molar-refractivity contribution in [2.24, 2.45) is 0 Å². The van der Waals surface area contributed by atoms with Crippen LogP contribution < -0.4 is 15.0 Å². The fourth-order valence-corrected chi connectivity index (χ4v) is 2.83. The van der Waals surface area contributed by atoms with E-state index in [1.54, 1.807) is 23.1 Å². The molecule has 0 aromatic heterocycles. The van der Waals surface area contributed by atoms with Crippen LogP contribution in [0.5, 0.6) is 11.5 Å². The molecule has 7 heteroatoms. The van der Waals surface area contributed by atoms with Gasteiger partial charge in [-0.1, -0.05) is 12.1 Å². The van der Waals surface area contributed by atoms with Crippen molar-refractivity contribution in [1.29, 1.82) is 0 Å². The minimum Gasteiger partial charge on any atom is -0.504 e. The van der Waals surface area contributed by atoms with Gasteiger partial charge in [-0.05, 0) is 30.7 Å². The number of phenolic OH excluding ortho intramolecular Hbond substituents is 1. The lowest BCUT2D eigenvalue weighted by molar-refractivity contribution is -0.123. The summed E-state index contributed by atoms with van der Waals surface area (Å²) in [5.41, 5.74) is 0.323. The van der Waals surface area contributed by atoms with Crippen molar-refractivity contribution in [3.63, 3.8) is 0 Å². The second kappa shape index (κ2) is 7.38. The zero-order valence-electron chi connectivity index (χ0n) is 13.4. The first-order chi connectivity index (χ1) is 12.0. The minimum absolute atomic E-state index is 0.0332. The van der Waals surface area contributed by atoms with Gasteiger partial charge in [-0.3, -0.25) is 4.79 Å². The van der Waals surface area contributed by atoms with Crippen LogP contribution in [-0.4, -0.2) is 36.8 Å². The van der Waals surface area contributed by atoms with Crippen molar-refractivity contribution < 1.29 is 23.4 Å². The highest BCUT2D eigenvalue weighted by molar-refractivity contribution is 5.78. The van der Waals surface area contributed by atoms with Gasteiger partial charge in [-0.25, -0.2) is 8.78 Å². The summed E-state index contributed by atoms with van der Waals surface area (Å²) in [6.45, 7) is 0.775. The molecule has 0 aliphatic carbocycles. The molecule has 1 saturated heterocycles. The lowest BCUT2D eigenvalue weighted by Crippen LogP contribution is -2.39. The summed E-state index contributed by atoms with van der Waals surface area (Å²) in [5, 5.41) is 12.4. The number of nitrogens with one attached hydrogen (secondary N) is 1. The Kier molecular flexibility index (Phi) is 5.02. The molecule has 1 fully saturated rings. The van der Waals surface area contributed by atoms with Gasteiger partial charge in [0, 0.05) is 25.2 Å². The van der Waals surface area contributed by atoms with Crippen LogP contribution in [0.3, 0.4) is 0 Å². The van der Waals surface area contributed by atoms with E-state index >= 15 is 0 Å². The normalized spacial score (nSPS) is 16.7. The van der Waals surface area contributed by atoms with E-state index in [1.807, 2.05) is 0 Å². The van der Waals surface area contributed by atoms with Gasteiger partial charge in [0.05, 0.1) is 5.69 Å². The van der Waals surface area contributed by atoms with Crippen molar-refractivity contribution in [2.45, 2.75) is 12.5 Å². The maximum absolute atomic E-state index is 13.8. The molecule has 0 bridgehead atoms. The third-order valence-electron chi connectivity index (χ3n) is 4.03. The number of benzene rings is 2. The summed E-state index contributed by atoms with van der Waals surface area (Å²) >= 11 is 0. The number of carbonyl (C=O) groups excluding carboxylic acids is 1. The monoisotopic (exact) mass is 348 g/mol. The van der Waals surface area contributed by atoms with Crippen LogP contribution in [0, 0.1) is 11.6 Å². The molecule has 0 saturated carbocycles. The molecule has 2 aromatic carbocycles. The summed E-state index contributed by atoms with van der Waals surface area (Å²) in [6.07, 6.45) is 0.652. The fourth-order valence-electron chi connectivity index (χ4n) is 2.83. The number of rotatable bonds is 5. The molecule has 2 aromatic rings. The highest BCUT2D eigenvalue weighted by Gasteiger charge is 2.26. The Morgan fingerprint density at radius 3 is 2.84 bits per heavy atom. The average Bonchev–Trinajstić information content (AvgIpc) is 3.02. The number of carbonyl (C=O) groups is 1. The number of phenols is 1. The van der Waals surface area contributed by atoms with E-state index in [1.165, 1.54) is 18.2 Å². The molecule has 1 amide bonds. The second-order valence-corrected chi connectivity index (χ2v) is 5.85. The molecule has 0 spiro atoms. The van der Waals surface area contributed by atoms with Gasteiger partial charge in [-0.2, -0.15) is 0 Å². The number of halogens is 2. The molecule has 25 heavy (non-hydrogen) atoms. The standard InChI is InChI=1S/C18H18F2N2O3/c19-12-5-6-15(14(20)9-12)22-8-7-13(10-22)21-18(24)11-25-17-4-2-1-3-16(17)23/h1-6,9,13,23H,7-8,10-11H2,(H,21,24)/t13-/m1/s1. The van der Waals surface area contributed by atoms with Gasteiger partial charge in [0.15, 0.2) is 18.1 Å². The summed E-state index contributed by atoms with van der Waals surface area (Å²) in [5.74, 6) is -1.36. The lowest BCUT2D eigenvalue weighted by atomic mass is 10.2. The Morgan fingerprint density at radius 2 is 2.08 bits per heavy atom. The van der Waals surface area contributed by atoms with E-state index in [0.29, 0.717) is 25.2 Å². The molecular formula is C18H18F2N2O3. The van der Waals surface area contributed by atoms with Crippen molar-refractivity contribution in [2.75, 3.05) is 24.6 Å². The SMILES string of the molecule is O=C(COc1ccccc1O)N[C@@H]1CCN(c2ccc(F)cc2F)C1. The van der Waals surface area contributed by atoms with Crippen molar-refractivity contribution >= 4 is 11.6 Å². The maximum Gasteiger partial charge on any atom is 0.258 e.